The molecule has 160 valence electrons. The molecular weight excluding hydrogens is 402 g/mol. The molecule has 0 saturated carbocycles. The van der Waals surface area contributed by atoms with Crippen molar-refractivity contribution >= 4 is 34.9 Å². The van der Waals surface area contributed by atoms with Gasteiger partial charge in [-0.15, -0.1) is 11.3 Å². The number of para-hydroxylation sites is 1. The molecule has 4 N–H and O–H groups in total. The first kappa shape index (κ1) is 21.6. The largest absolute Gasteiger partial charge is 0.368 e. The zero-order valence-electron chi connectivity index (χ0n) is 16.8. The SMILES string of the molecule is NC(=O)NC(CC(=O)NCCC(=O)N1CCN(c2ccccc2)CC1)c1cccs1. The molecule has 2 heterocycles. The molecule has 0 bridgehead atoms. The molecule has 1 unspecified atom stereocenters. The molecule has 1 aliphatic heterocycles. The normalized spacial score (nSPS) is 14.8. The van der Waals surface area contributed by atoms with E-state index in [4.69, 9.17) is 5.73 Å². The van der Waals surface area contributed by atoms with E-state index in [9.17, 15) is 14.4 Å². The van der Waals surface area contributed by atoms with Gasteiger partial charge in [0.2, 0.25) is 11.8 Å². The Hall–Kier alpha value is -3.07. The molecule has 1 fully saturated rings. The van der Waals surface area contributed by atoms with Gasteiger partial charge in [-0.25, -0.2) is 4.79 Å². The van der Waals surface area contributed by atoms with Gasteiger partial charge in [0.25, 0.3) is 0 Å². The molecule has 1 aromatic carbocycles. The first-order valence-electron chi connectivity index (χ1n) is 9.97. The lowest BCUT2D eigenvalue weighted by molar-refractivity contribution is -0.131. The Kier molecular flexibility index (Phi) is 7.67. The minimum atomic E-state index is -0.675. The number of amides is 4. The molecule has 9 heteroatoms. The summed E-state index contributed by atoms with van der Waals surface area (Å²) in [5.74, 6) is -0.197. The molecule has 1 saturated heterocycles. The highest BCUT2D eigenvalue weighted by Crippen LogP contribution is 2.22. The summed E-state index contributed by atoms with van der Waals surface area (Å²) >= 11 is 1.45. The zero-order chi connectivity index (χ0) is 21.3. The fraction of sp³-hybridized carbons (Fsp3) is 0.381. The molecule has 0 aliphatic carbocycles. The van der Waals surface area contributed by atoms with Crippen LogP contribution in [-0.2, 0) is 9.59 Å². The van der Waals surface area contributed by atoms with Crippen LogP contribution in [0.25, 0.3) is 0 Å². The number of hydrogen-bond donors (Lipinski definition) is 3. The Morgan fingerprint density at radius 2 is 1.77 bits per heavy atom. The Morgan fingerprint density at radius 1 is 1.03 bits per heavy atom. The number of anilines is 1. The number of carbonyl (C=O) groups is 3. The van der Waals surface area contributed by atoms with E-state index in [0.29, 0.717) is 13.1 Å². The van der Waals surface area contributed by atoms with Crippen LogP contribution in [0.15, 0.2) is 47.8 Å². The maximum atomic E-state index is 12.5. The lowest BCUT2D eigenvalue weighted by Crippen LogP contribution is -2.49. The summed E-state index contributed by atoms with van der Waals surface area (Å²) in [4.78, 5) is 40.9. The fourth-order valence-electron chi connectivity index (χ4n) is 3.46. The van der Waals surface area contributed by atoms with E-state index >= 15 is 0 Å². The van der Waals surface area contributed by atoms with Gasteiger partial charge in [-0.1, -0.05) is 24.3 Å². The van der Waals surface area contributed by atoms with Gasteiger partial charge < -0.3 is 26.2 Å². The number of urea groups is 1. The van der Waals surface area contributed by atoms with E-state index < -0.39 is 12.1 Å². The fourth-order valence-corrected chi connectivity index (χ4v) is 4.24. The van der Waals surface area contributed by atoms with Gasteiger partial charge >= 0.3 is 6.03 Å². The number of nitrogens with zero attached hydrogens (tertiary/aromatic N) is 2. The third-order valence-corrected chi connectivity index (χ3v) is 5.99. The summed E-state index contributed by atoms with van der Waals surface area (Å²) in [6.07, 6.45) is 0.331. The Morgan fingerprint density at radius 3 is 2.40 bits per heavy atom. The smallest absolute Gasteiger partial charge is 0.312 e. The topological polar surface area (TPSA) is 108 Å². The van der Waals surface area contributed by atoms with Crippen LogP contribution < -0.4 is 21.3 Å². The molecule has 30 heavy (non-hydrogen) atoms. The average molecular weight is 430 g/mol. The number of thiophene rings is 1. The molecular formula is C21H27N5O3S. The second-order valence-corrected chi connectivity index (χ2v) is 8.06. The van der Waals surface area contributed by atoms with Crippen molar-refractivity contribution in [2.45, 2.75) is 18.9 Å². The van der Waals surface area contributed by atoms with E-state index in [-0.39, 0.29) is 31.2 Å². The third kappa shape index (κ3) is 6.21. The lowest BCUT2D eigenvalue weighted by atomic mass is 10.1. The third-order valence-electron chi connectivity index (χ3n) is 5.01. The van der Waals surface area contributed by atoms with E-state index in [1.165, 1.54) is 17.0 Å². The number of benzene rings is 1. The van der Waals surface area contributed by atoms with Crippen molar-refractivity contribution in [1.29, 1.82) is 0 Å². The zero-order valence-corrected chi connectivity index (χ0v) is 17.6. The molecule has 2 aromatic rings. The van der Waals surface area contributed by atoms with E-state index in [2.05, 4.69) is 27.7 Å². The van der Waals surface area contributed by atoms with Crippen LogP contribution in [0.2, 0.25) is 0 Å². The minimum Gasteiger partial charge on any atom is -0.368 e. The highest BCUT2D eigenvalue weighted by molar-refractivity contribution is 7.10. The van der Waals surface area contributed by atoms with Gasteiger partial charge in [-0.05, 0) is 23.6 Å². The number of rotatable bonds is 8. The molecule has 8 nitrogen and oxygen atoms in total. The summed E-state index contributed by atoms with van der Waals surface area (Å²) in [6.45, 7) is 3.20. The summed E-state index contributed by atoms with van der Waals surface area (Å²) in [7, 11) is 0. The Labute approximate surface area is 180 Å². The Balaban J connectivity index is 1.39. The maximum absolute atomic E-state index is 12.5. The molecule has 1 aliphatic rings. The minimum absolute atomic E-state index is 0.0353. The van der Waals surface area contributed by atoms with Crippen molar-refractivity contribution in [1.82, 2.24) is 15.5 Å². The van der Waals surface area contributed by atoms with Gasteiger partial charge in [-0.3, -0.25) is 9.59 Å². The summed E-state index contributed by atoms with van der Waals surface area (Å²) in [6, 6.07) is 12.7. The van der Waals surface area contributed by atoms with Crippen LogP contribution in [0.5, 0.6) is 0 Å². The van der Waals surface area contributed by atoms with Crippen molar-refractivity contribution in [3.8, 4) is 0 Å². The standard InChI is InChI=1S/C21H27N5O3S/c22-21(29)24-17(18-7-4-14-30-18)15-19(27)23-9-8-20(28)26-12-10-25(11-13-26)16-5-2-1-3-6-16/h1-7,14,17H,8-13,15H2,(H,23,27)(H3,22,24,29). The van der Waals surface area contributed by atoms with Gasteiger partial charge in [0.15, 0.2) is 0 Å². The monoisotopic (exact) mass is 429 g/mol. The van der Waals surface area contributed by atoms with Gasteiger partial charge in [0.05, 0.1) is 12.5 Å². The van der Waals surface area contributed by atoms with Crippen molar-refractivity contribution in [3.63, 3.8) is 0 Å². The molecule has 0 spiro atoms. The first-order valence-corrected chi connectivity index (χ1v) is 10.8. The quantitative estimate of drug-likeness (QED) is 0.594. The summed E-state index contributed by atoms with van der Waals surface area (Å²) in [5.41, 5.74) is 6.38. The van der Waals surface area contributed by atoms with Crippen molar-refractivity contribution in [2.24, 2.45) is 5.73 Å². The summed E-state index contributed by atoms with van der Waals surface area (Å²) in [5, 5.41) is 7.23. The van der Waals surface area contributed by atoms with Gasteiger partial charge in [-0.2, -0.15) is 0 Å². The second kappa shape index (κ2) is 10.6. The first-order chi connectivity index (χ1) is 14.5. The highest BCUT2D eigenvalue weighted by atomic mass is 32.1. The lowest BCUT2D eigenvalue weighted by Gasteiger charge is -2.36. The van der Waals surface area contributed by atoms with Crippen LogP contribution in [0.1, 0.15) is 23.8 Å². The number of nitrogens with two attached hydrogens (primary N) is 1. The number of carbonyl (C=O) groups excluding carboxylic acids is 3. The van der Waals surface area contributed by atoms with Crippen LogP contribution in [0, 0.1) is 0 Å². The molecule has 1 atom stereocenters. The molecule has 0 radical (unpaired) electrons. The highest BCUT2D eigenvalue weighted by Gasteiger charge is 2.22. The van der Waals surface area contributed by atoms with Crippen molar-refractivity contribution in [2.75, 3.05) is 37.6 Å². The maximum Gasteiger partial charge on any atom is 0.312 e. The van der Waals surface area contributed by atoms with Gasteiger partial charge in [0, 0.05) is 49.7 Å². The predicted molar refractivity (Wildman–Crippen MR) is 117 cm³/mol. The average Bonchev–Trinajstić information content (AvgIpc) is 3.28. The van der Waals surface area contributed by atoms with Crippen LogP contribution in [0.3, 0.4) is 0 Å². The van der Waals surface area contributed by atoms with E-state index in [0.717, 1.165) is 18.0 Å². The van der Waals surface area contributed by atoms with Crippen molar-refractivity contribution < 1.29 is 14.4 Å². The van der Waals surface area contributed by atoms with Crippen LogP contribution in [0.4, 0.5) is 10.5 Å². The molecule has 3 rings (SSSR count). The Bertz CT molecular complexity index is 836. The number of hydrogen-bond acceptors (Lipinski definition) is 5. The number of piperazine rings is 1. The predicted octanol–water partition coefficient (Wildman–Crippen LogP) is 1.70. The van der Waals surface area contributed by atoms with Crippen molar-refractivity contribution in [3.05, 3.63) is 52.7 Å². The number of primary amides is 1. The van der Waals surface area contributed by atoms with Crippen LogP contribution >= 0.6 is 11.3 Å². The molecule has 4 amide bonds. The van der Waals surface area contributed by atoms with Gasteiger partial charge in [0.1, 0.15) is 0 Å². The summed E-state index contributed by atoms with van der Waals surface area (Å²) < 4.78 is 0. The van der Waals surface area contributed by atoms with E-state index in [1.807, 2.05) is 40.6 Å². The van der Waals surface area contributed by atoms with E-state index in [1.54, 1.807) is 0 Å². The molecule has 1 aromatic heterocycles. The second-order valence-electron chi connectivity index (χ2n) is 7.08. The van der Waals surface area contributed by atoms with Crippen LogP contribution in [-0.4, -0.2) is 55.5 Å². The number of nitrogens with one attached hydrogen (secondary N) is 2.